The molecule has 3 aliphatic heterocycles. The Bertz CT molecular complexity index is 1500. The number of likely N-dealkylation sites (tertiary alicyclic amines) is 1. The average Bonchev–Trinajstić information content (AvgIpc) is 3.51. The number of imide groups is 1. The Labute approximate surface area is 248 Å². The molecule has 40 heavy (non-hydrogen) atoms. The van der Waals surface area contributed by atoms with Crippen LogP contribution in [0.4, 0.5) is 5.69 Å². The van der Waals surface area contributed by atoms with Gasteiger partial charge in [-0.3, -0.25) is 19.6 Å². The fourth-order valence-corrected chi connectivity index (χ4v) is 6.52. The SMILES string of the molecule is C=CC=C(C=CCI)N1C(=O)C2C(c3ccccc3)C=C3CC(c4ccccc4)N(c4ccccc4)N3C2C1=O. The van der Waals surface area contributed by atoms with E-state index in [9.17, 15) is 9.59 Å². The number of alkyl halides is 1. The molecular formula is C34H30IN3O2. The Morgan fingerprint density at radius 2 is 1.48 bits per heavy atom. The molecule has 2 amide bonds. The predicted molar refractivity (Wildman–Crippen MR) is 167 cm³/mol. The molecule has 0 spiro atoms. The largest absolute Gasteiger partial charge is 0.277 e. The number of halogens is 1. The van der Waals surface area contributed by atoms with Crippen LogP contribution in [0.5, 0.6) is 0 Å². The molecule has 5 nitrogen and oxygen atoms in total. The van der Waals surface area contributed by atoms with Gasteiger partial charge in [0.2, 0.25) is 5.91 Å². The second-order valence-corrected chi connectivity index (χ2v) is 11.0. The van der Waals surface area contributed by atoms with Crippen LogP contribution >= 0.6 is 22.6 Å². The number of carbonyl (C=O) groups excluding carboxylic acids is 2. The van der Waals surface area contributed by atoms with Crippen LogP contribution in [0, 0.1) is 5.92 Å². The monoisotopic (exact) mass is 639 g/mol. The first-order valence-electron chi connectivity index (χ1n) is 13.5. The van der Waals surface area contributed by atoms with E-state index in [0.717, 1.165) is 27.8 Å². The smallest absolute Gasteiger partial charge is 0.259 e. The lowest BCUT2D eigenvalue weighted by Crippen LogP contribution is -2.53. The van der Waals surface area contributed by atoms with E-state index in [2.05, 4.69) is 93.8 Å². The molecule has 6 rings (SSSR count). The molecule has 4 atom stereocenters. The number of hydrogen-bond acceptors (Lipinski definition) is 4. The number of hydrogen-bond donors (Lipinski definition) is 0. The molecule has 0 radical (unpaired) electrons. The lowest BCUT2D eigenvalue weighted by Gasteiger charge is -2.43. The molecule has 0 N–H and O–H groups in total. The zero-order valence-corrected chi connectivity index (χ0v) is 24.2. The van der Waals surface area contributed by atoms with E-state index in [0.29, 0.717) is 5.70 Å². The molecular weight excluding hydrogens is 609 g/mol. The van der Waals surface area contributed by atoms with Crippen LogP contribution in [0.2, 0.25) is 0 Å². The number of hydrazine groups is 1. The quantitative estimate of drug-likeness (QED) is 0.122. The molecule has 0 saturated carbocycles. The molecule has 3 aromatic rings. The third-order valence-electron chi connectivity index (χ3n) is 7.88. The van der Waals surface area contributed by atoms with E-state index < -0.39 is 12.0 Å². The number of para-hydroxylation sites is 1. The minimum absolute atomic E-state index is 0.0101. The lowest BCUT2D eigenvalue weighted by atomic mass is 9.79. The van der Waals surface area contributed by atoms with Gasteiger partial charge in [0.05, 0.1) is 23.3 Å². The summed E-state index contributed by atoms with van der Waals surface area (Å²) < 4.78 is 0.764. The third-order valence-corrected chi connectivity index (χ3v) is 8.39. The van der Waals surface area contributed by atoms with E-state index in [-0.39, 0.29) is 23.8 Å². The van der Waals surface area contributed by atoms with Crippen molar-refractivity contribution in [2.24, 2.45) is 5.92 Å². The van der Waals surface area contributed by atoms with Gasteiger partial charge in [-0.1, -0.05) is 126 Å². The summed E-state index contributed by atoms with van der Waals surface area (Å²) >= 11 is 2.25. The molecule has 3 heterocycles. The Kier molecular flexibility index (Phi) is 7.43. The molecule has 0 bridgehead atoms. The third kappa shape index (κ3) is 4.50. The van der Waals surface area contributed by atoms with Crippen molar-refractivity contribution in [1.82, 2.24) is 9.91 Å². The highest BCUT2D eigenvalue weighted by molar-refractivity contribution is 14.1. The van der Waals surface area contributed by atoms with Crippen LogP contribution in [0.15, 0.2) is 139 Å². The van der Waals surface area contributed by atoms with E-state index in [4.69, 9.17) is 0 Å². The summed E-state index contributed by atoms with van der Waals surface area (Å²) in [5, 5.41) is 4.34. The van der Waals surface area contributed by atoms with Crippen molar-refractivity contribution in [3.05, 3.63) is 150 Å². The first-order chi connectivity index (χ1) is 19.6. The number of benzene rings is 3. The van der Waals surface area contributed by atoms with E-state index >= 15 is 0 Å². The molecule has 6 heteroatoms. The van der Waals surface area contributed by atoms with Gasteiger partial charge in [-0.25, -0.2) is 4.90 Å². The molecule has 0 aliphatic carbocycles. The molecule has 4 unspecified atom stereocenters. The van der Waals surface area contributed by atoms with Gasteiger partial charge in [-0.2, -0.15) is 0 Å². The number of carbonyl (C=O) groups is 2. The minimum Gasteiger partial charge on any atom is -0.277 e. The Balaban J connectivity index is 1.54. The van der Waals surface area contributed by atoms with E-state index in [1.165, 1.54) is 10.5 Å². The fourth-order valence-electron chi connectivity index (χ4n) is 6.26. The van der Waals surface area contributed by atoms with Crippen molar-refractivity contribution in [3.63, 3.8) is 0 Å². The highest BCUT2D eigenvalue weighted by Gasteiger charge is 2.60. The van der Waals surface area contributed by atoms with E-state index in [1.807, 2.05) is 54.6 Å². The van der Waals surface area contributed by atoms with Crippen LogP contribution in [0.3, 0.4) is 0 Å². The van der Waals surface area contributed by atoms with Crippen LogP contribution in [0.1, 0.15) is 29.5 Å². The summed E-state index contributed by atoms with van der Waals surface area (Å²) in [6, 6.07) is 30.0. The molecule has 0 aromatic heterocycles. The number of amides is 2. The van der Waals surface area contributed by atoms with E-state index in [1.54, 1.807) is 12.2 Å². The number of allylic oxidation sites excluding steroid dienone is 5. The Morgan fingerprint density at radius 3 is 2.10 bits per heavy atom. The average molecular weight is 640 g/mol. The topological polar surface area (TPSA) is 43.9 Å². The summed E-state index contributed by atoms with van der Waals surface area (Å²) in [5.41, 5.74) is 4.81. The van der Waals surface area contributed by atoms with Gasteiger partial charge in [0.1, 0.15) is 6.04 Å². The molecule has 200 valence electrons. The highest BCUT2D eigenvalue weighted by atomic mass is 127. The number of anilines is 1. The normalized spacial score (nSPS) is 24.4. The van der Waals surface area contributed by atoms with Crippen molar-refractivity contribution in [2.75, 3.05) is 9.44 Å². The standard InChI is InChI=1S/C34H30IN3O2/c1-2-13-26(20-12-21-35)36-33(39)31-29(24-14-6-3-7-15-24)22-28-23-30(25-16-8-4-9-17-25)37(27-18-10-5-11-19-27)38(28)32(31)34(36)40/h2-20,22,29-32H,1,21,23H2. The van der Waals surface area contributed by atoms with Gasteiger partial charge in [0.15, 0.2) is 0 Å². The maximum atomic E-state index is 14.5. The summed E-state index contributed by atoms with van der Waals surface area (Å²) in [4.78, 5) is 30.2. The lowest BCUT2D eigenvalue weighted by molar-refractivity contribution is -0.137. The van der Waals surface area contributed by atoms with Gasteiger partial charge < -0.3 is 0 Å². The zero-order chi connectivity index (χ0) is 27.6. The van der Waals surface area contributed by atoms with Gasteiger partial charge in [-0.15, -0.1) is 0 Å². The Morgan fingerprint density at radius 1 is 0.850 bits per heavy atom. The van der Waals surface area contributed by atoms with Gasteiger partial charge in [0.25, 0.3) is 5.91 Å². The van der Waals surface area contributed by atoms with Crippen molar-refractivity contribution in [2.45, 2.75) is 24.4 Å². The minimum atomic E-state index is -0.673. The summed E-state index contributed by atoms with van der Waals surface area (Å²) in [5.74, 6) is -1.17. The van der Waals surface area contributed by atoms with Gasteiger partial charge in [0, 0.05) is 22.5 Å². The summed E-state index contributed by atoms with van der Waals surface area (Å²) in [6.45, 7) is 3.84. The second-order valence-electron chi connectivity index (χ2n) is 10.1. The van der Waals surface area contributed by atoms with Gasteiger partial charge >= 0.3 is 0 Å². The molecule has 2 fully saturated rings. The van der Waals surface area contributed by atoms with Crippen molar-refractivity contribution in [1.29, 1.82) is 0 Å². The number of fused-ring (bicyclic) bond motifs is 3. The molecule has 2 saturated heterocycles. The summed E-state index contributed by atoms with van der Waals surface area (Å²) in [6.07, 6.45) is 10.1. The van der Waals surface area contributed by atoms with Crippen molar-refractivity contribution >= 4 is 40.1 Å². The molecule has 3 aromatic carbocycles. The predicted octanol–water partition coefficient (Wildman–Crippen LogP) is 6.95. The highest BCUT2D eigenvalue weighted by Crippen LogP contribution is 2.52. The van der Waals surface area contributed by atoms with Crippen LogP contribution < -0.4 is 5.01 Å². The van der Waals surface area contributed by atoms with Crippen LogP contribution in [0.25, 0.3) is 0 Å². The van der Waals surface area contributed by atoms with Crippen LogP contribution in [-0.2, 0) is 9.59 Å². The Hall–Kier alpha value is -3.91. The molecule has 3 aliphatic rings. The van der Waals surface area contributed by atoms with Crippen molar-refractivity contribution < 1.29 is 9.59 Å². The van der Waals surface area contributed by atoms with Gasteiger partial charge in [-0.05, 0) is 35.4 Å². The van der Waals surface area contributed by atoms with Crippen LogP contribution in [-0.4, -0.2) is 32.2 Å². The summed E-state index contributed by atoms with van der Waals surface area (Å²) in [7, 11) is 0. The maximum Gasteiger partial charge on any atom is 0.259 e. The maximum absolute atomic E-state index is 14.5. The number of rotatable bonds is 7. The fraction of sp³-hybridized carbons (Fsp3) is 0.176. The second kappa shape index (κ2) is 11.3. The van der Waals surface area contributed by atoms with Crippen molar-refractivity contribution in [3.8, 4) is 0 Å². The first-order valence-corrected chi connectivity index (χ1v) is 15.0. The first kappa shape index (κ1) is 26.3. The zero-order valence-electron chi connectivity index (χ0n) is 22.0. The number of nitrogens with zero attached hydrogens (tertiary/aromatic N) is 3.